The first-order valence-corrected chi connectivity index (χ1v) is 10.2. The first-order valence-electron chi connectivity index (χ1n) is 10.2. The fourth-order valence-corrected chi connectivity index (χ4v) is 3.65. The van der Waals surface area contributed by atoms with Crippen LogP contribution in [0.2, 0.25) is 0 Å². The summed E-state index contributed by atoms with van der Waals surface area (Å²) in [5, 5.41) is 3.09. The van der Waals surface area contributed by atoms with Crippen molar-refractivity contribution in [3.8, 4) is 5.75 Å². The number of hydrogen-bond donors (Lipinski definition) is 1. The van der Waals surface area contributed by atoms with E-state index >= 15 is 0 Å². The third kappa shape index (κ3) is 5.04. The van der Waals surface area contributed by atoms with Crippen molar-refractivity contribution in [3.05, 3.63) is 54.1 Å². The van der Waals surface area contributed by atoms with Crippen LogP contribution in [0, 0.1) is 0 Å². The van der Waals surface area contributed by atoms with Crippen molar-refractivity contribution in [2.45, 2.75) is 26.7 Å². The molecule has 0 radical (unpaired) electrons. The van der Waals surface area contributed by atoms with E-state index in [9.17, 15) is 4.79 Å². The van der Waals surface area contributed by atoms with Crippen molar-refractivity contribution in [1.82, 2.24) is 4.90 Å². The molecule has 2 aromatic rings. The molecule has 1 aliphatic rings. The van der Waals surface area contributed by atoms with E-state index in [1.807, 2.05) is 43.3 Å². The fourth-order valence-electron chi connectivity index (χ4n) is 3.65. The average molecular weight is 382 g/mol. The molecule has 1 fully saturated rings. The maximum Gasteiger partial charge on any atom is 0.238 e. The highest BCUT2D eigenvalue weighted by atomic mass is 16.5. The van der Waals surface area contributed by atoms with Crippen molar-refractivity contribution >= 4 is 17.3 Å². The Morgan fingerprint density at radius 2 is 1.71 bits per heavy atom. The third-order valence-electron chi connectivity index (χ3n) is 5.10. The molecular weight excluding hydrogens is 350 g/mol. The van der Waals surface area contributed by atoms with Gasteiger partial charge in [-0.2, -0.15) is 0 Å². The molecule has 2 aromatic carbocycles. The summed E-state index contributed by atoms with van der Waals surface area (Å²) in [7, 11) is 0. The molecule has 5 heteroatoms. The maximum atomic E-state index is 12.6. The maximum absolute atomic E-state index is 12.6. The van der Waals surface area contributed by atoms with Gasteiger partial charge in [-0.1, -0.05) is 44.2 Å². The smallest absolute Gasteiger partial charge is 0.238 e. The molecule has 0 spiro atoms. The number of carbonyl (C=O) groups excluding carboxylic acids is 1. The summed E-state index contributed by atoms with van der Waals surface area (Å²) in [6.45, 7) is 10.9. The molecule has 0 atom stereocenters. The molecule has 1 saturated heterocycles. The predicted octanol–water partition coefficient (Wildman–Crippen LogP) is 3.97. The van der Waals surface area contributed by atoms with Gasteiger partial charge < -0.3 is 15.0 Å². The Morgan fingerprint density at radius 1 is 1.04 bits per heavy atom. The average Bonchev–Trinajstić information content (AvgIpc) is 2.69. The largest absolute Gasteiger partial charge is 0.492 e. The lowest BCUT2D eigenvalue weighted by Crippen LogP contribution is -2.48. The van der Waals surface area contributed by atoms with Gasteiger partial charge in [0.25, 0.3) is 0 Å². The number of amides is 1. The second-order valence-corrected chi connectivity index (χ2v) is 7.45. The highest BCUT2D eigenvalue weighted by Gasteiger charge is 2.21. The molecule has 28 heavy (non-hydrogen) atoms. The van der Waals surface area contributed by atoms with Crippen LogP contribution in [0.25, 0.3) is 0 Å². The Labute approximate surface area is 168 Å². The molecule has 0 aromatic heterocycles. The number of benzene rings is 2. The molecule has 3 rings (SSSR count). The topological polar surface area (TPSA) is 44.8 Å². The predicted molar refractivity (Wildman–Crippen MR) is 115 cm³/mol. The van der Waals surface area contributed by atoms with Gasteiger partial charge in [-0.3, -0.25) is 9.69 Å². The first-order chi connectivity index (χ1) is 13.6. The summed E-state index contributed by atoms with van der Waals surface area (Å²) in [4.78, 5) is 17.1. The van der Waals surface area contributed by atoms with Gasteiger partial charge in [0.05, 0.1) is 18.8 Å². The zero-order valence-corrected chi connectivity index (χ0v) is 17.1. The number of ether oxygens (including phenoxy) is 1. The van der Waals surface area contributed by atoms with E-state index < -0.39 is 0 Å². The lowest BCUT2D eigenvalue weighted by atomic mass is 10.0. The van der Waals surface area contributed by atoms with Gasteiger partial charge in [0.15, 0.2) is 0 Å². The van der Waals surface area contributed by atoms with Crippen molar-refractivity contribution in [2.24, 2.45) is 0 Å². The van der Waals surface area contributed by atoms with E-state index in [0.29, 0.717) is 19.1 Å². The number of para-hydroxylation sites is 3. The molecule has 0 unspecified atom stereocenters. The highest BCUT2D eigenvalue weighted by molar-refractivity contribution is 5.93. The van der Waals surface area contributed by atoms with Gasteiger partial charge in [0.1, 0.15) is 5.75 Å². The molecule has 1 heterocycles. The van der Waals surface area contributed by atoms with Crippen LogP contribution in [0.3, 0.4) is 0 Å². The zero-order chi connectivity index (χ0) is 19.9. The van der Waals surface area contributed by atoms with Crippen molar-refractivity contribution in [2.75, 3.05) is 49.5 Å². The molecule has 1 N–H and O–H groups in total. The van der Waals surface area contributed by atoms with E-state index in [1.54, 1.807) is 0 Å². The number of hydrogen-bond acceptors (Lipinski definition) is 4. The number of carbonyl (C=O) groups is 1. The number of nitrogens with zero attached hydrogens (tertiary/aromatic N) is 2. The Kier molecular flexibility index (Phi) is 6.93. The number of nitrogens with one attached hydrogen (secondary N) is 1. The number of anilines is 2. The molecule has 0 aliphatic carbocycles. The Bertz CT molecular complexity index is 783. The summed E-state index contributed by atoms with van der Waals surface area (Å²) < 4.78 is 5.76. The molecular formula is C23H31N3O2. The van der Waals surface area contributed by atoms with E-state index in [1.165, 1.54) is 5.56 Å². The lowest BCUT2D eigenvalue weighted by molar-refractivity contribution is -0.117. The normalized spacial score (nSPS) is 14.9. The summed E-state index contributed by atoms with van der Waals surface area (Å²) in [5.41, 5.74) is 3.24. The quantitative estimate of drug-likeness (QED) is 0.788. The Hall–Kier alpha value is -2.53. The van der Waals surface area contributed by atoms with E-state index in [2.05, 4.69) is 41.1 Å². The summed E-state index contributed by atoms with van der Waals surface area (Å²) in [6.07, 6.45) is 0. The SMILES string of the molecule is CCOc1ccccc1N1CCN(CC(=O)Nc2ccccc2C(C)C)CC1. The minimum Gasteiger partial charge on any atom is -0.492 e. The fraction of sp³-hybridized carbons (Fsp3) is 0.435. The van der Waals surface area contributed by atoms with E-state index in [4.69, 9.17) is 4.74 Å². The van der Waals surface area contributed by atoms with Crippen LogP contribution in [0.5, 0.6) is 5.75 Å². The van der Waals surface area contributed by atoms with Gasteiger partial charge >= 0.3 is 0 Å². The van der Waals surface area contributed by atoms with Crippen molar-refractivity contribution in [3.63, 3.8) is 0 Å². The first kappa shape index (κ1) is 20.2. The Morgan fingerprint density at radius 3 is 2.43 bits per heavy atom. The monoisotopic (exact) mass is 381 g/mol. The Balaban J connectivity index is 1.54. The van der Waals surface area contributed by atoms with Crippen LogP contribution in [0.4, 0.5) is 11.4 Å². The zero-order valence-electron chi connectivity index (χ0n) is 17.1. The van der Waals surface area contributed by atoms with Crippen molar-refractivity contribution in [1.29, 1.82) is 0 Å². The van der Waals surface area contributed by atoms with Crippen LogP contribution >= 0.6 is 0 Å². The highest BCUT2D eigenvalue weighted by Crippen LogP contribution is 2.29. The number of rotatable bonds is 7. The summed E-state index contributed by atoms with van der Waals surface area (Å²) in [5.74, 6) is 1.36. The number of piperazine rings is 1. The molecule has 0 saturated carbocycles. The van der Waals surface area contributed by atoms with Gasteiger partial charge in [-0.25, -0.2) is 0 Å². The standard InChI is InChI=1S/C23H31N3O2/c1-4-28-22-12-8-7-11-21(22)26-15-13-25(14-16-26)17-23(27)24-20-10-6-5-9-19(20)18(2)3/h5-12,18H,4,13-17H2,1-3H3,(H,24,27). The molecule has 0 bridgehead atoms. The third-order valence-corrected chi connectivity index (χ3v) is 5.10. The second-order valence-electron chi connectivity index (χ2n) is 7.45. The van der Waals surface area contributed by atoms with Crippen LogP contribution in [0.15, 0.2) is 48.5 Å². The molecule has 1 amide bonds. The van der Waals surface area contributed by atoms with Gasteiger partial charge in [0.2, 0.25) is 5.91 Å². The second kappa shape index (κ2) is 9.60. The summed E-state index contributed by atoms with van der Waals surface area (Å²) in [6, 6.07) is 16.2. The molecule has 5 nitrogen and oxygen atoms in total. The lowest BCUT2D eigenvalue weighted by Gasteiger charge is -2.36. The molecule has 150 valence electrons. The van der Waals surface area contributed by atoms with Crippen LogP contribution < -0.4 is 15.0 Å². The van der Waals surface area contributed by atoms with E-state index in [0.717, 1.165) is 43.3 Å². The van der Waals surface area contributed by atoms with Gasteiger partial charge in [-0.05, 0) is 36.6 Å². The minimum absolute atomic E-state index is 0.0521. The van der Waals surface area contributed by atoms with Crippen molar-refractivity contribution < 1.29 is 9.53 Å². The van der Waals surface area contributed by atoms with Gasteiger partial charge in [-0.15, -0.1) is 0 Å². The van der Waals surface area contributed by atoms with Crippen LogP contribution in [-0.2, 0) is 4.79 Å². The summed E-state index contributed by atoms with van der Waals surface area (Å²) >= 11 is 0. The van der Waals surface area contributed by atoms with E-state index in [-0.39, 0.29) is 5.91 Å². The van der Waals surface area contributed by atoms with Crippen LogP contribution in [-0.4, -0.2) is 50.1 Å². The molecule has 1 aliphatic heterocycles. The van der Waals surface area contributed by atoms with Gasteiger partial charge in [0, 0.05) is 31.9 Å². The van der Waals surface area contributed by atoms with Crippen LogP contribution in [0.1, 0.15) is 32.3 Å². The minimum atomic E-state index is 0.0521.